The van der Waals surface area contributed by atoms with Crippen LogP contribution in [-0.4, -0.2) is 25.5 Å². The maximum atomic E-state index is 13.8. The second-order valence-electron chi connectivity index (χ2n) is 5.35. The van der Waals surface area contributed by atoms with Crippen molar-refractivity contribution in [2.24, 2.45) is 11.5 Å². The number of carbonyl (C=O) groups is 1. The molecule has 0 saturated heterocycles. The van der Waals surface area contributed by atoms with Gasteiger partial charge >= 0.3 is 12.9 Å². The fourth-order valence-corrected chi connectivity index (χ4v) is 2.42. The smallest absolute Gasteiger partial charge is 0.429 e. The van der Waals surface area contributed by atoms with E-state index in [1.807, 2.05) is 0 Å². The van der Waals surface area contributed by atoms with Crippen LogP contribution in [0.1, 0.15) is 6.42 Å². The van der Waals surface area contributed by atoms with Crippen LogP contribution < -0.4 is 22.4 Å². The number of carbonyl (C=O) groups excluding carboxylic acids is 1. The van der Waals surface area contributed by atoms with Gasteiger partial charge in [-0.15, -0.1) is 0 Å². The molecule has 1 unspecified atom stereocenters. The Morgan fingerprint density at radius 3 is 1.96 bits per heavy atom. The molecule has 25 heavy (non-hydrogen) atoms. The maximum absolute atomic E-state index is 13.8. The van der Waals surface area contributed by atoms with Crippen molar-refractivity contribution in [1.82, 2.24) is 0 Å². The predicted molar refractivity (Wildman–Crippen MR) is 95.6 cm³/mol. The third-order valence-electron chi connectivity index (χ3n) is 3.51. The Bertz CT molecular complexity index is 728. The Hall–Kier alpha value is -1.67. The Morgan fingerprint density at radius 1 is 1.08 bits per heavy atom. The first-order chi connectivity index (χ1) is 11.8. The highest BCUT2D eigenvalue weighted by Crippen LogP contribution is 2.14. The summed E-state index contributed by atoms with van der Waals surface area (Å²) in [5, 5.41) is -0.174. The van der Waals surface area contributed by atoms with Crippen LogP contribution in [0.2, 0.25) is 10.0 Å². The third kappa shape index (κ3) is 4.92. The van der Waals surface area contributed by atoms with Gasteiger partial charge in [-0.1, -0.05) is 35.3 Å². The van der Waals surface area contributed by atoms with Crippen LogP contribution >= 0.6 is 23.2 Å². The molecular weight excluding hydrogens is 372 g/mol. The van der Waals surface area contributed by atoms with Gasteiger partial charge in [-0.05, 0) is 48.2 Å². The van der Waals surface area contributed by atoms with E-state index in [2.05, 4.69) is 0 Å². The second kappa shape index (κ2) is 8.62. The molecule has 0 fully saturated rings. The molecule has 2 rings (SSSR count). The number of hydrogen-bond donors (Lipinski definition) is 2. The van der Waals surface area contributed by atoms with Crippen LogP contribution in [0.25, 0.3) is 0 Å². The zero-order valence-electron chi connectivity index (χ0n) is 13.0. The molecule has 4 N–H and O–H groups in total. The first-order valence-electron chi connectivity index (χ1n) is 7.39. The zero-order chi connectivity index (χ0) is 18.6. The highest BCUT2D eigenvalue weighted by atomic mass is 35.5. The predicted octanol–water partition coefficient (Wildman–Crippen LogP) is 1.60. The van der Waals surface area contributed by atoms with Crippen molar-refractivity contribution < 1.29 is 18.2 Å². The van der Waals surface area contributed by atoms with Crippen LogP contribution in [0.5, 0.6) is 0 Å². The average molecular weight is 387 g/mol. The molecule has 132 valence electrons. The monoisotopic (exact) mass is 386 g/mol. The number of rotatable bonds is 6. The lowest BCUT2D eigenvalue weighted by Crippen LogP contribution is -2.49. The van der Waals surface area contributed by atoms with Gasteiger partial charge in [-0.2, -0.15) is 0 Å². The average Bonchev–Trinajstić information content (AvgIpc) is 2.58. The van der Waals surface area contributed by atoms with E-state index in [1.54, 1.807) is 0 Å². The molecule has 0 saturated carbocycles. The maximum Gasteiger partial charge on any atom is 0.429 e. The van der Waals surface area contributed by atoms with E-state index in [4.69, 9.17) is 39.3 Å². The minimum atomic E-state index is -1.07. The van der Waals surface area contributed by atoms with Crippen molar-refractivity contribution in [3.05, 3.63) is 58.1 Å². The fraction of sp³-hybridized carbons (Fsp3) is 0.188. The van der Waals surface area contributed by atoms with Crippen molar-refractivity contribution in [2.75, 3.05) is 6.54 Å². The number of nitrogens with two attached hydrogens (primary N) is 2. The minimum absolute atomic E-state index is 0.0871. The topological polar surface area (TPSA) is 78.3 Å². The molecule has 0 amide bonds. The summed E-state index contributed by atoms with van der Waals surface area (Å²) in [5.41, 5.74) is 11.6. The third-order valence-corrected chi connectivity index (χ3v) is 4.12. The summed E-state index contributed by atoms with van der Waals surface area (Å²) in [4.78, 5) is 12.2. The molecule has 1 atom stereocenters. The lowest BCUT2D eigenvalue weighted by Gasteiger charge is -2.18. The quantitative estimate of drug-likeness (QED) is 0.739. The number of benzene rings is 2. The van der Waals surface area contributed by atoms with Crippen molar-refractivity contribution >= 4 is 47.0 Å². The summed E-state index contributed by atoms with van der Waals surface area (Å²) in [6, 6.07) is 6.87. The lowest BCUT2D eigenvalue weighted by molar-refractivity contribution is -0.136. The number of halogens is 4. The van der Waals surface area contributed by atoms with E-state index in [0.29, 0.717) is 0 Å². The van der Waals surface area contributed by atoms with Gasteiger partial charge in [-0.25, -0.2) is 8.78 Å². The van der Waals surface area contributed by atoms with Gasteiger partial charge < -0.3 is 16.1 Å². The van der Waals surface area contributed by atoms with Crippen molar-refractivity contribution in [1.29, 1.82) is 0 Å². The molecule has 0 aliphatic rings. The van der Waals surface area contributed by atoms with Gasteiger partial charge in [0.1, 0.15) is 17.7 Å². The largest absolute Gasteiger partial charge is 0.525 e. The fourth-order valence-electron chi connectivity index (χ4n) is 2.18. The SMILES string of the molecule is NCCC(N)C(=O)OB(c1ccc(Cl)c(F)c1)c1ccc(Cl)c(F)c1. The van der Waals surface area contributed by atoms with Gasteiger partial charge in [-0.3, -0.25) is 4.79 Å². The summed E-state index contributed by atoms with van der Waals surface area (Å²) >= 11 is 11.4. The van der Waals surface area contributed by atoms with Crippen LogP contribution in [0, 0.1) is 11.6 Å². The molecular formula is C16H15BCl2F2N2O2. The lowest BCUT2D eigenvalue weighted by atomic mass is 9.55. The van der Waals surface area contributed by atoms with E-state index in [1.165, 1.54) is 24.3 Å². The van der Waals surface area contributed by atoms with Gasteiger partial charge in [0.2, 0.25) is 0 Å². The van der Waals surface area contributed by atoms with Crippen LogP contribution in [-0.2, 0) is 9.45 Å². The Labute approximate surface area is 154 Å². The van der Waals surface area contributed by atoms with Crippen molar-refractivity contribution in [2.45, 2.75) is 12.5 Å². The molecule has 0 radical (unpaired) electrons. The molecule has 4 nitrogen and oxygen atoms in total. The molecule has 2 aromatic carbocycles. The van der Waals surface area contributed by atoms with E-state index < -0.39 is 30.6 Å². The highest BCUT2D eigenvalue weighted by Gasteiger charge is 2.29. The number of hydrogen-bond acceptors (Lipinski definition) is 4. The van der Waals surface area contributed by atoms with Gasteiger partial charge in [0.15, 0.2) is 0 Å². The Morgan fingerprint density at radius 2 is 1.56 bits per heavy atom. The van der Waals surface area contributed by atoms with Crippen LogP contribution in [0.3, 0.4) is 0 Å². The van der Waals surface area contributed by atoms with E-state index in [-0.39, 0.29) is 33.9 Å². The first kappa shape index (κ1) is 19.7. The van der Waals surface area contributed by atoms with Crippen LogP contribution in [0.15, 0.2) is 36.4 Å². The summed E-state index contributed by atoms with van der Waals surface area (Å²) in [7, 11) is 0. The Kier molecular flexibility index (Phi) is 6.78. The second-order valence-corrected chi connectivity index (χ2v) is 6.16. The van der Waals surface area contributed by atoms with Gasteiger partial charge in [0.05, 0.1) is 10.0 Å². The zero-order valence-corrected chi connectivity index (χ0v) is 14.5. The molecule has 0 spiro atoms. The summed E-state index contributed by atoms with van der Waals surface area (Å²) in [6.07, 6.45) is 0.218. The van der Waals surface area contributed by atoms with Crippen LogP contribution in [0.4, 0.5) is 8.78 Å². The highest BCUT2D eigenvalue weighted by molar-refractivity contribution is 6.81. The van der Waals surface area contributed by atoms with Gasteiger partial charge in [0.25, 0.3) is 0 Å². The molecule has 9 heteroatoms. The molecule has 0 aliphatic heterocycles. The standard InChI is InChI=1S/C16H15BCl2F2N2O2/c18-11-3-1-9(7-13(11)20)17(25-16(24)15(23)5-6-22)10-2-4-12(19)14(21)8-10/h1-4,7-8,15H,5-6,22-23H2. The Balaban J connectivity index is 2.41. The van der Waals surface area contributed by atoms with E-state index >= 15 is 0 Å². The van der Waals surface area contributed by atoms with E-state index in [0.717, 1.165) is 12.1 Å². The van der Waals surface area contributed by atoms with Gasteiger partial charge in [0, 0.05) is 0 Å². The first-order valence-corrected chi connectivity index (χ1v) is 8.15. The van der Waals surface area contributed by atoms with Crippen molar-refractivity contribution in [3.8, 4) is 0 Å². The normalized spacial score (nSPS) is 11.9. The van der Waals surface area contributed by atoms with Crippen molar-refractivity contribution in [3.63, 3.8) is 0 Å². The summed E-state index contributed by atoms with van der Waals surface area (Å²) < 4.78 is 33.0. The summed E-state index contributed by atoms with van der Waals surface area (Å²) in [6.45, 7) is -0.874. The molecule has 0 aromatic heterocycles. The summed E-state index contributed by atoms with van der Waals surface area (Å²) in [5.74, 6) is -2.12. The van der Waals surface area contributed by atoms with E-state index in [9.17, 15) is 13.6 Å². The molecule has 0 heterocycles. The minimum Gasteiger partial charge on any atom is -0.525 e. The molecule has 2 aromatic rings. The molecule has 0 aliphatic carbocycles. The molecule has 0 bridgehead atoms.